The van der Waals surface area contributed by atoms with Gasteiger partial charge in [-0.25, -0.2) is 4.98 Å². The second-order valence-corrected chi connectivity index (χ2v) is 6.32. The van der Waals surface area contributed by atoms with Crippen molar-refractivity contribution >= 4 is 16.3 Å². The molecule has 1 heterocycles. The lowest BCUT2D eigenvalue weighted by atomic mass is 9.90. The van der Waals surface area contributed by atoms with Crippen molar-refractivity contribution in [2.24, 2.45) is 0 Å². The van der Waals surface area contributed by atoms with E-state index in [9.17, 15) is 5.26 Å². The molecular formula is C16H17N3S. The molecule has 3 rings (SSSR count). The van der Waals surface area contributed by atoms with Gasteiger partial charge >= 0.3 is 0 Å². The van der Waals surface area contributed by atoms with E-state index in [-0.39, 0.29) is 0 Å². The van der Waals surface area contributed by atoms with Crippen molar-refractivity contribution < 1.29 is 0 Å². The molecule has 0 bridgehead atoms. The minimum Gasteiger partial charge on any atom is -0.389 e. The smallest absolute Gasteiger partial charge is 0.114 e. The lowest BCUT2D eigenvalue weighted by Gasteiger charge is -2.18. The number of nitrogens with zero attached hydrogens (tertiary/aromatic N) is 2. The van der Waals surface area contributed by atoms with Gasteiger partial charge < -0.3 is 5.73 Å². The van der Waals surface area contributed by atoms with Gasteiger partial charge in [0, 0.05) is 11.5 Å². The number of aromatic nitrogens is 1. The first kappa shape index (κ1) is 13.1. The van der Waals surface area contributed by atoms with Gasteiger partial charge in [0.25, 0.3) is 0 Å². The molecule has 0 spiro atoms. The number of benzene rings is 1. The highest BCUT2D eigenvalue weighted by molar-refractivity contribution is 7.16. The molecular weight excluding hydrogens is 266 g/mol. The Morgan fingerprint density at radius 3 is 2.70 bits per heavy atom. The number of anilines is 1. The summed E-state index contributed by atoms with van der Waals surface area (Å²) in [7, 11) is 0. The fourth-order valence-corrected chi connectivity index (χ4v) is 3.87. The van der Waals surface area contributed by atoms with Gasteiger partial charge in [0.05, 0.1) is 16.6 Å². The van der Waals surface area contributed by atoms with Gasteiger partial charge in [0.2, 0.25) is 0 Å². The van der Waals surface area contributed by atoms with Crippen LogP contribution in [-0.4, -0.2) is 4.98 Å². The Hall–Kier alpha value is -1.86. The average molecular weight is 283 g/mol. The summed E-state index contributed by atoms with van der Waals surface area (Å²) in [4.78, 5) is 4.75. The quantitative estimate of drug-likeness (QED) is 0.893. The Morgan fingerprint density at radius 1 is 1.20 bits per heavy atom. The third-order valence-corrected chi connectivity index (χ3v) is 4.97. The largest absolute Gasteiger partial charge is 0.389 e. The average Bonchev–Trinajstić information content (AvgIpc) is 2.90. The third kappa shape index (κ3) is 2.41. The molecule has 3 nitrogen and oxygen atoms in total. The number of nitrogen functional groups attached to an aromatic ring is 1. The molecule has 1 aliphatic rings. The first-order valence-corrected chi connectivity index (χ1v) is 7.87. The Morgan fingerprint density at radius 2 is 1.95 bits per heavy atom. The van der Waals surface area contributed by atoms with Gasteiger partial charge in [-0.05, 0) is 18.9 Å². The Balaban J connectivity index is 1.98. The second-order valence-electron chi connectivity index (χ2n) is 5.26. The van der Waals surface area contributed by atoms with Crippen molar-refractivity contribution in [1.82, 2.24) is 4.98 Å². The van der Waals surface area contributed by atoms with Crippen LogP contribution in [-0.2, 0) is 0 Å². The van der Waals surface area contributed by atoms with Crippen LogP contribution < -0.4 is 5.73 Å². The zero-order valence-corrected chi connectivity index (χ0v) is 12.1. The Bertz CT molecular complexity index is 648. The fourth-order valence-electron chi connectivity index (χ4n) is 2.85. The number of nitrogens with two attached hydrogens (primary N) is 1. The van der Waals surface area contributed by atoms with E-state index < -0.39 is 0 Å². The maximum atomic E-state index is 9.21. The molecule has 4 heteroatoms. The molecule has 102 valence electrons. The minimum absolute atomic E-state index is 0.555. The van der Waals surface area contributed by atoms with Crippen molar-refractivity contribution in [1.29, 1.82) is 5.26 Å². The molecule has 2 N–H and O–H groups in total. The van der Waals surface area contributed by atoms with Gasteiger partial charge in [-0.1, -0.05) is 37.5 Å². The zero-order valence-electron chi connectivity index (χ0n) is 11.3. The summed E-state index contributed by atoms with van der Waals surface area (Å²) in [6.45, 7) is 0. The van der Waals surface area contributed by atoms with Crippen LogP contribution in [0, 0.1) is 11.3 Å². The van der Waals surface area contributed by atoms with Crippen LogP contribution >= 0.6 is 11.3 Å². The van der Waals surface area contributed by atoms with Crippen molar-refractivity contribution in [3.63, 3.8) is 0 Å². The topological polar surface area (TPSA) is 62.7 Å². The normalized spacial score (nSPS) is 15.9. The highest BCUT2D eigenvalue weighted by Gasteiger charge is 2.21. The van der Waals surface area contributed by atoms with Crippen LogP contribution in [0.1, 0.15) is 48.6 Å². The molecule has 20 heavy (non-hydrogen) atoms. The minimum atomic E-state index is 0.555. The lowest BCUT2D eigenvalue weighted by molar-refractivity contribution is 0.442. The summed E-state index contributed by atoms with van der Waals surface area (Å²) >= 11 is 1.59. The summed E-state index contributed by atoms with van der Waals surface area (Å²) in [5.41, 5.74) is 8.43. The number of rotatable bonds is 2. The molecule has 1 aliphatic carbocycles. The predicted molar refractivity (Wildman–Crippen MR) is 82.5 cm³/mol. The molecule has 1 fully saturated rings. The van der Waals surface area contributed by atoms with Gasteiger partial charge in [-0.3, -0.25) is 0 Å². The van der Waals surface area contributed by atoms with E-state index in [4.69, 9.17) is 10.7 Å². The summed E-state index contributed by atoms with van der Waals surface area (Å²) in [5, 5.41) is 11.1. The van der Waals surface area contributed by atoms with Crippen molar-refractivity contribution in [2.75, 3.05) is 5.73 Å². The second kappa shape index (κ2) is 5.64. The highest BCUT2D eigenvalue weighted by atomic mass is 32.1. The summed E-state index contributed by atoms with van der Waals surface area (Å²) < 4.78 is 0. The molecule has 1 aromatic heterocycles. The van der Waals surface area contributed by atoms with Crippen molar-refractivity contribution in [3.8, 4) is 17.3 Å². The van der Waals surface area contributed by atoms with E-state index in [0.717, 1.165) is 21.3 Å². The third-order valence-electron chi connectivity index (χ3n) is 3.93. The summed E-state index contributed by atoms with van der Waals surface area (Å²) in [6.07, 6.45) is 6.34. The van der Waals surface area contributed by atoms with Crippen molar-refractivity contribution in [2.45, 2.75) is 38.0 Å². The van der Waals surface area contributed by atoms with Crippen LogP contribution in [0.5, 0.6) is 0 Å². The number of thiazole rings is 1. The van der Waals surface area contributed by atoms with E-state index in [0.29, 0.717) is 11.5 Å². The molecule has 0 atom stereocenters. The van der Waals surface area contributed by atoms with Gasteiger partial charge in [0.15, 0.2) is 0 Å². The molecule has 0 radical (unpaired) electrons. The van der Waals surface area contributed by atoms with Crippen LogP contribution in [0.4, 0.5) is 5.00 Å². The standard InChI is InChI=1S/C16H17N3S/c17-10-12-8-4-5-9-13(12)14-15(18)20-16(19-14)11-6-2-1-3-7-11/h4-5,8-9,11H,1-3,6-7,18H2. The van der Waals surface area contributed by atoms with E-state index >= 15 is 0 Å². The first-order valence-electron chi connectivity index (χ1n) is 7.05. The number of hydrogen-bond donors (Lipinski definition) is 1. The number of hydrogen-bond acceptors (Lipinski definition) is 4. The Kier molecular flexibility index (Phi) is 3.70. The first-order chi connectivity index (χ1) is 9.79. The van der Waals surface area contributed by atoms with Gasteiger partial charge in [-0.15, -0.1) is 11.3 Å². The summed E-state index contributed by atoms with van der Waals surface area (Å²) in [5.74, 6) is 0.555. The van der Waals surface area contributed by atoms with Crippen LogP contribution in [0.3, 0.4) is 0 Å². The molecule has 0 aliphatic heterocycles. The van der Waals surface area contributed by atoms with Crippen LogP contribution in [0.15, 0.2) is 24.3 Å². The monoisotopic (exact) mass is 283 g/mol. The SMILES string of the molecule is N#Cc1ccccc1-c1nc(C2CCCCC2)sc1N. The fraction of sp³-hybridized carbons (Fsp3) is 0.375. The van der Waals surface area contributed by atoms with E-state index in [2.05, 4.69) is 6.07 Å². The van der Waals surface area contributed by atoms with Gasteiger partial charge in [0.1, 0.15) is 10.7 Å². The predicted octanol–water partition coefficient (Wildman–Crippen LogP) is 4.31. The number of nitriles is 1. The van der Waals surface area contributed by atoms with E-state index in [1.165, 1.54) is 32.1 Å². The maximum absolute atomic E-state index is 9.21. The van der Waals surface area contributed by atoms with Crippen LogP contribution in [0.2, 0.25) is 0 Å². The highest BCUT2D eigenvalue weighted by Crippen LogP contribution is 2.40. The molecule has 0 saturated heterocycles. The van der Waals surface area contributed by atoms with Gasteiger partial charge in [-0.2, -0.15) is 5.26 Å². The molecule has 0 amide bonds. The van der Waals surface area contributed by atoms with Crippen LogP contribution in [0.25, 0.3) is 11.3 Å². The molecule has 0 unspecified atom stereocenters. The van der Waals surface area contributed by atoms with E-state index in [1.807, 2.05) is 24.3 Å². The van der Waals surface area contributed by atoms with E-state index in [1.54, 1.807) is 11.3 Å². The molecule has 2 aromatic rings. The maximum Gasteiger partial charge on any atom is 0.114 e. The molecule has 1 aromatic carbocycles. The lowest BCUT2D eigenvalue weighted by Crippen LogP contribution is -2.03. The Labute approximate surface area is 123 Å². The van der Waals surface area contributed by atoms with Crippen molar-refractivity contribution in [3.05, 3.63) is 34.8 Å². The molecule has 1 saturated carbocycles. The summed E-state index contributed by atoms with van der Waals surface area (Å²) in [6, 6.07) is 9.75. The zero-order chi connectivity index (χ0) is 13.9.